The molecular formula is C12H14N4S. The van der Waals surface area contributed by atoms with Gasteiger partial charge in [0.2, 0.25) is 5.16 Å². The quantitative estimate of drug-likeness (QED) is 0.600. The molecule has 0 fully saturated rings. The molecule has 17 heavy (non-hydrogen) atoms. The lowest BCUT2D eigenvalue weighted by molar-refractivity contribution is 0.614. The molecule has 0 aliphatic rings. The van der Waals surface area contributed by atoms with Gasteiger partial charge in [-0.2, -0.15) is 0 Å². The lowest BCUT2D eigenvalue weighted by Gasteiger charge is -2.02. The zero-order valence-electron chi connectivity index (χ0n) is 9.71. The fraction of sp³-hybridized carbons (Fsp3) is 0.250. The van der Waals surface area contributed by atoms with Gasteiger partial charge in [-0.1, -0.05) is 47.7 Å². The van der Waals surface area contributed by atoms with Crippen molar-refractivity contribution in [3.05, 3.63) is 48.0 Å². The second kappa shape index (κ2) is 5.63. The summed E-state index contributed by atoms with van der Waals surface area (Å²) in [6, 6.07) is 8.45. The molecule has 88 valence electrons. The van der Waals surface area contributed by atoms with E-state index in [9.17, 15) is 0 Å². The average molecular weight is 246 g/mol. The highest BCUT2D eigenvalue weighted by molar-refractivity contribution is 7.98. The maximum Gasteiger partial charge on any atom is 0.209 e. The van der Waals surface area contributed by atoms with E-state index in [1.54, 1.807) is 22.5 Å². The van der Waals surface area contributed by atoms with Crippen LogP contribution in [0.3, 0.4) is 0 Å². The number of rotatable bonds is 5. The highest BCUT2D eigenvalue weighted by Gasteiger charge is 2.05. The molecule has 0 N–H and O–H groups in total. The molecule has 0 amide bonds. The number of allylic oxidation sites excluding steroid dienone is 1. The largest absolute Gasteiger partial charge is 0.217 e. The van der Waals surface area contributed by atoms with Crippen LogP contribution in [0.4, 0.5) is 0 Å². The summed E-state index contributed by atoms with van der Waals surface area (Å²) >= 11 is 1.63. The molecule has 0 bridgehead atoms. The van der Waals surface area contributed by atoms with E-state index in [0.717, 1.165) is 10.9 Å². The fourth-order valence-electron chi connectivity index (χ4n) is 1.49. The topological polar surface area (TPSA) is 43.6 Å². The molecule has 2 rings (SSSR count). The Hall–Kier alpha value is -1.62. The number of hydrogen-bond acceptors (Lipinski definition) is 4. The van der Waals surface area contributed by atoms with E-state index < -0.39 is 0 Å². The van der Waals surface area contributed by atoms with Crippen molar-refractivity contribution in [1.29, 1.82) is 0 Å². The standard InChI is InChI=1S/C12H14N4S/c1-3-7-16-12(13-14-15-16)17-9-11-6-4-5-10(2)8-11/h3-6,8H,1,7,9H2,2H3. The van der Waals surface area contributed by atoms with Crippen molar-refractivity contribution in [2.24, 2.45) is 0 Å². The van der Waals surface area contributed by atoms with Crippen LogP contribution in [0.5, 0.6) is 0 Å². The molecule has 0 atom stereocenters. The van der Waals surface area contributed by atoms with Crippen LogP contribution < -0.4 is 0 Å². The third-order valence-corrected chi connectivity index (χ3v) is 3.28. The predicted octanol–water partition coefficient (Wildman–Crippen LogP) is 2.46. The van der Waals surface area contributed by atoms with E-state index in [2.05, 4.69) is 53.3 Å². The lowest BCUT2D eigenvalue weighted by atomic mass is 10.2. The molecule has 0 saturated carbocycles. The van der Waals surface area contributed by atoms with Crippen molar-refractivity contribution >= 4 is 11.8 Å². The number of benzene rings is 1. The zero-order valence-corrected chi connectivity index (χ0v) is 10.5. The Balaban J connectivity index is 2.02. The van der Waals surface area contributed by atoms with E-state index in [1.807, 2.05) is 0 Å². The van der Waals surface area contributed by atoms with E-state index in [1.165, 1.54) is 11.1 Å². The van der Waals surface area contributed by atoms with Gasteiger partial charge < -0.3 is 0 Å². The van der Waals surface area contributed by atoms with Crippen molar-refractivity contribution in [2.75, 3.05) is 0 Å². The molecule has 0 saturated heterocycles. The van der Waals surface area contributed by atoms with E-state index in [-0.39, 0.29) is 0 Å². The minimum absolute atomic E-state index is 0.642. The average Bonchev–Trinajstić information content (AvgIpc) is 2.75. The predicted molar refractivity (Wildman–Crippen MR) is 68.8 cm³/mol. The Morgan fingerprint density at radius 2 is 2.35 bits per heavy atom. The van der Waals surface area contributed by atoms with Gasteiger partial charge in [0, 0.05) is 5.75 Å². The maximum absolute atomic E-state index is 3.99. The molecule has 0 aliphatic heterocycles. The van der Waals surface area contributed by atoms with E-state index in [0.29, 0.717) is 6.54 Å². The molecule has 5 heteroatoms. The Labute approximate surface area is 105 Å². The van der Waals surface area contributed by atoms with E-state index >= 15 is 0 Å². The summed E-state index contributed by atoms with van der Waals surface area (Å²) in [6.07, 6.45) is 1.78. The fourth-order valence-corrected chi connectivity index (χ4v) is 2.32. The maximum atomic E-state index is 3.99. The molecule has 1 heterocycles. The molecule has 0 unspecified atom stereocenters. The molecule has 2 aromatic rings. The van der Waals surface area contributed by atoms with Crippen molar-refractivity contribution in [1.82, 2.24) is 20.2 Å². The minimum Gasteiger partial charge on any atom is -0.217 e. The van der Waals surface area contributed by atoms with Gasteiger partial charge in [-0.25, -0.2) is 4.68 Å². The third kappa shape index (κ3) is 3.17. The molecule has 1 aromatic carbocycles. The van der Waals surface area contributed by atoms with Gasteiger partial charge in [0.15, 0.2) is 0 Å². The summed E-state index contributed by atoms with van der Waals surface area (Å²) in [7, 11) is 0. The van der Waals surface area contributed by atoms with Gasteiger partial charge in [0.1, 0.15) is 0 Å². The Morgan fingerprint density at radius 1 is 1.47 bits per heavy atom. The molecule has 4 nitrogen and oxygen atoms in total. The molecule has 0 aliphatic carbocycles. The Kier molecular flexibility index (Phi) is 3.93. The first-order valence-corrected chi connectivity index (χ1v) is 6.33. The van der Waals surface area contributed by atoms with Gasteiger partial charge in [-0.05, 0) is 22.9 Å². The number of tetrazole rings is 1. The third-order valence-electron chi connectivity index (χ3n) is 2.25. The van der Waals surface area contributed by atoms with Crippen molar-refractivity contribution in [3.63, 3.8) is 0 Å². The normalized spacial score (nSPS) is 10.4. The number of aryl methyl sites for hydroxylation is 1. The first kappa shape index (κ1) is 11.9. The Morgan fingerprint density at radius 3 is 3.12 bits per heavy atom. The SMILES string of the molecule is C=CCn1nnnc1SCc1cccc(C)c1. The number of aromatic nitrogens is 4. The summed E-state index contributed by atoms with van der Waals surface area (Å²) in [5.74, 6) is 0.874. The van der Waals surface area contributed by atoms with Crippen LogP contribution in [0.2, 0.25) is 0 Å². The van der Waals surface area contributed by atoms with Crippen LogP contribution in [0, 0.1) is 6.92 Å². The first-order valence-electron chi connectivity index (χ1n) is 5.35. The number of thioether (sulfide) groups is 1. The van der Waals surface area contributed by atoms with Crippen LogP contribution in [-0.4, -0.2) is 20.2 Å². The zero-order chi connectivity index (χ0) is 12.1. The van der Waals surface area contributed by atoms with Crippen molar-refractivity contribution in [3.8, 4) is 0 Å². The highest BCUT2D eigenvalue weighted by Crippen LogP contribution is 2.20. The van der Waals surface area contributed by atoms with Gasteiger partial charge in [0.05, 0.1) is 6.54 Å². The second-order valence-corrected chi connectivity index (χ2v) is 4.65. The van der Waals surface area contributed by atoms with Gasteiger partial charge in [-0.15, -0.1) is 11.7 Å². The van der Waals surface area contributed by atoms with E-state index in [4.69, 9.17) is 0 Å². The van der Waals surface area contributed by atoms with Crippen molar-refractivity contribution < 1.29 is 0 Å². The molecule has 1 aromatic heterocycles. The van der Waals surface area contributed by atoms with Crippen LogP contribution in [-0.2, 0) is 12.3 Å². The molecular weight excluding hydrogens is 232 g/mol. The summed E-state index contributed by atoms with van der Waals surface area (Å²) in [5.41, 5.74) is 2.55. The van der Waals surface area contributed by atoms with Crippen molar-refractivity contribution in [2.45, 2.75) is 24.4 Å². The second-order valence-electron chi connectivity index (χ2n) is 3.71. The summed E-state index contributed by atoms with van der Waals surface area (Å²) in [5, 5.41) is 12.4. The lowest BCUT2D eigenvalue weighted by Crippen LogP contribution is -1.99. The number of hydrogen-bond donors (Lipinski definition) is 0. The van der Waals surface area contributed by atoms with Crippen LogP contribution >= 0.6 is 11.8 Å². The molecule has 0 radical (unpaired) electrons. The summed E-state index contributed by atoms with van der Waals surface area (Å²) < 4.78 is 1.74. The van der Waals surface area contributed by atoms with Gasteiger partial charge in [0.25, 0.3) is 0 Å². The highest BCUT2D eigenvalue weighted by atomic mass is 32.2. The van der Waals surface area contributed by atoms with Gasteiger partial charge in [-0.3, -0.25) is 0 Å². The Bertz CT molecular complexity index is 507. The summed E-state index contributed by atoms with van der Waals surface area (Å²) in [6.45, 7) is 6.42. The van der Waals surface area contributed by atoms with Crippen LogP contribution in [0.25, 0.3) is 0 Å². The molecule has 0 spiro atoms. The smallest absolute Gasteiger partial charge is 0.209 e. The first-order chi connectivity index (χ1) is 8.29. The number of nitrogens with zero attached hydrogens (tertiary/aromatic N) is 4. The van der Waals surface area contributed by atoms with Crippen LogP contribution in [0.1, 0.15) is 11.1 Å². The monoisotopic (exact) mass is 246 g/mol. The van der Waals surface area contributed by atoms with Gasteiger partial charge >= 0.3 is 0 Å². The minimum atomic E-state index is 0.642. The summed E-state index contributed by atoms with van der Waals surface area (Å²) in [4.78, 5) is 0. The van der Waals surface area contributed by atoms with Crippen LogP contribution in [0.15, 0.2) is 42.1 Å².